The Morgan fingerprint density at radius 3 is 1.90 bits per heavy atom. The third-order valence-corrected chi connectivity index (χ3v) is 13.2. The molecule has 0 saturated heterocycles. The third kappa shape index (κ3) is 6.89. The molecule has 2 heterocycles. The van der Waals surface area contributed by atoms with E-state index in [1.807, 2.05) is 11.3 Å². The van der Waals surface area contributed by atoms with Crippen molar-refractivity contribution in [2.45, 2.75) is 6.42 Å². The molecule has 62 heavy (non-hydrogen) atoms. The van der Waals surface area contributed by atoms with Crippen molar-refractivity contribution in [2.75, 3.05) is 9.80 Å². The molecule has 294 valence electrons. The lowest BCUT2D eigenvalue weighted by atomic mass is 9.98. The minimum absolute atomic E-state index is 0.823. The number of para-hydroxylation sites is 4. The Labute approximate surface area is 366 Å². The molecule has 1 aromatic heterocycles. The summed E-state index contributed by atoms with van der Waals surface area (Å²) in [5.41, 5.74) is 14.6. The monoisotopic (exact) mass is 810 g/mol. The van der Waals surface area contributed by atoms with Crippen LogP contribution in [0.4, 0.5) is 28.4 Å². The van der Waals surface area contributed by atoms with E-state index in [1.54, 1.807) is 0 Å². The van der Waals surface area contributed by atoms with E-state index in [0.29, 0.717) is 0 Å². The Morgan fingerprint density at radius 2 is 1.06 bits per heavy atom. The predicted molar refractivity (Wildman–Crippen MR) is 268 cm³/mol. The Hall–Kier alpha value is -7.72. The summed E-state index contributed by atoms with van der Waals surface area (Å²) in [6, 6.07) is 75.1. The summed E-state index contributed by atoms with van der Waals surface area (Å²) < 4.78 is 2.59. The van der Waals surface area contributed by atoms with Gasteiger partial charge < -0.3 is 9.80 Å². The Balaban J connectivity index is 1.05. The highest BCUT2D eigenvalue weighted by Crippen LogP contribution is 2.48. The van der Waals surface area contributed by atoms with Crippen molar-refractivity contribution >= 4 is 70.7 Å². The van der Waals surface area contributed by atoms with Crippen molar-refractivity contribution in [3.05, 3.63) is 248 Å². The molecule has 0 N–H and O–H groups in total. The fourth-order valence-electron chi connectivity index (χ4n) is 8.94. The Kier molecular flexibility index (Phi) is 9.65. The first-order valence-corrected chi connectivity index (χ1v) is 22.0. The molecule has 9 aromatic carbocycles. The van der Waals surface area contributed by atoms with Crippen LogP contribution in [0.1, 0.15) is 5.56 Å². The normalized spacial score (nSPS) is 13.7. The lowest BCUT2D eigenvalue weighted by Gasteiger charge is -2.35. The molecule has 1 aliphatic heterocycles. The number of hydrogen-bond acceptors (Lipinski definition) is 3. The summed E-state index contributed by atoms with van der Waals surface area (Å²) in [6.07, 6.45) is 9.35. The number of fused-ring (bicyclic) bond motifs is 5. The summed E-state index contributed by atoms with van der Waals surface area (Å²) in [5, 5.41) is 5.11. The van der Waals surface area contributed by atoms with E-state index in [1.165, 1.54) is 58.8 Å². The number of anilines is 5. The van der Waals surface area contributed by atoms with Crippen molar-refractivity contribution < 1.29 is 0 Å². The summed E-state index contributed by atoms with van der Waals surface area (Å²) in [5.74, 6) is 0. The van der Waals surface area contributed by atoms with E-state index in [-0.39, 0.29) is 0 Å². The topological polar surface area (TPSA) is 6.48 Å². The van der Waals surface area contributed by atoms with Crippen LogP contribution >= 0.6 is 11.3 Å². The molecule has 10 aromatic rings. The van der Waals surface area contributed by atoms with Gasteiger partial charge >= 0.3 is 0 Å². The molecule has 11 rings (SSSR count). The smallest absolute Gasteiger partial charge is 0.0702 e. The van der Waals surface area contributed by atoms with Gasteiger partial charge in [0.15, 0.2) is 0 Å². The molecule has 1 aliphatic rings. The highest BCUT2D eigenvalue weighted by atomic mass is 32.1. The first-order valence-electron chi connectivity index (χ1n) is 21.2. The standard InChI is InChI=1S/C59H42N2S/c1-41-15-3-2-4-17-46-18-7-10-22-54(46)60(41)56-24-12-13-25-57(56)61(55-23-11-8-20-51(55)49-35-38-53-52-21-9-14-26-58(52)62-59(53)40-49)50-36-33-44(34-37-50)43-27-29-45(30-28-43)48-32-31-42-16-5-6-19-47(42)39-48/h2-16,18-40H,1,17H2/b4-2-,15-3-. The van der Waals surface area contributed by atoms with Crippen LogP contribution in [0, 0.1) is 0 Å². The number of rotatable bonds is 7. The van der Waals surface area contributed by atoms with Gasteiger partial charge in [0, 0.05) is 42.8 Å². The van der Waals surface area contributed by atoms with Crippen molar-refractivity contribution in [1.82, 2.24) is 0 Å². The Bertz CT molecular complexity index is 3350. The molecule has 0 unspecified atom stereocenters. The lowest BCUT2D eigenvalue weighted by molar-refractivity contribution is 1.15. The summed E-state index contributed by atoms with van der Waals surface area (Å²) in [4.78, 5) is 4.75. The fourth-order valence-corrected chi connectivity index (χ4v) is 10.1. The van der Waals surface area contributed by atoms with Crippen LogP contribution in [-0.2, 0) is 6.42 Å². The molecule has 3 heteroatoms. The van der Waals surface area contributed by atoms with Gasteiger partial charge in [-0.3, -0.25) is 0 Å². The molecule has 0 aliphatic carbocycles. The van der Waals surface area contributed by atoms with E-state index < -0.39 is 0 Å². The van der Waals surface area contributed by atoms with Gasteiger partial charge in [0.25, 0.3) is 0 Å². The van der Waals surface area contributed by atoms with E-state index in [2.05, 4.69) is 247 Å². The molecular weight excluding hydrogens is 769 g/mol. The molecule has 2 nitrogen and oxygen atoms in total. The first-order chi connectivity index (χ1) is 30.7. The van der Waals surface area contributed by atoms with E-state index in [4.69, 9.17) is 0 Å². The maximum Gasteiger partial charge on any atom is 0.0702 e. The molecule has 0 amide bonds. The summed E-state index contributed by atoms with van der Waals surface area (Å²) >= 11 is 1.86. The predicted octanol–water partition coefficient (Wildman–Crippen LogP) is 17.0. The highest BCUT2D eigenvalue weighted by molar-refractivity contribution is 7.25. The quantitative estimate of drug-likeness (QED) is 0.158. The second-order valence-electron chi connectivity index (χ2n) is 15.8. The average Bonchev–Trinajstić information content (AvgIpc) is 3.73. The van der Waals surface area contributed by atoms with Crippen LogP contribution in [0.3, 0.4) is 0 Å². The van der Waals surface area contributed by atoms with Crippen LogP contribution in [0.5, 0.6) is 0 Å². The van der Waals surface area contributed by atoms with E-state index >= 15 is 0 Å². The largest absolute Gasteiger partial charge is 0.309 e. The van der Waals surface area contributed by atoms with Crippen molar-refractivity contribution in [1.29, 1.82) is 0 Å². The van der Waals surface area contributed by atoms with E-state index in [9.17, 15) is 0 Å². The second-order valence-corrected chi connectivity index (χ2v) is 16.9. The van der Waals surface area contributed by atoms with Crippen molar-refractivity contribution in [3.63, 3.8) is 0 Å². The summed E-state index contributed by atoms with van der Waals surface area (Å²) in [7, 11) is 0. The zero-order valence-electron chi connectivity index (χ0n) is 34.2. The van der Waals surface area contributed by atoms with E-state index in [0.717, 1.165) is 51.7 Å². The van der Waals surface area contributed by atoms with Gasteiger partial charge in [-0.2, -0.15) is 0 Å². The van der Waals surface area contributed by atoms with Gasteiger partial charge in [-0.1, -0.05) is 176 Å². The first kappa shape index (κ1) is 37.3. The maximum atomic E-state index is 4.64. The number of nitrogens with zero attached hydrogens (tertiary/aromatic N) is 2. The zero-order chi connectivity index (χ0) is 41.4. The van der Waals surface area contributed by atoms with Crippen molar-refractivity contribution in [3.8, 4) is 33.4 Å². The molecular formula is C59H42N2S. The van der Waals surface area contributed by atoms with Crippen LogP contribution in [0.15, 0.2) is 243 Å². The summed E-state index contributed by atoms with van der Waals surface area (Å²) in [6.45, 7) is 4.64. The van der Waals surface area contributed by atoms with Gasteiger partial charge in [-0.15, -0.1) is 11.3 Å². The van der Waals surface area contributed by atoms with Crippen LogP contribution in [0.25, 0.3) is 64.3 Å². The zero-order valence-corrected chi connectivity index (χ0v) is 35.0. The van der Waals surface area contributed by atoms with Gasteiger partial charge in [0.05, 0.1) is 17.1 Å². The fraction of sp³-hybridized carbons (Fsp3) is 0.0169. The minimum Gasteiger partial charge on any atom is -0.309 e. The van der Waals surface area contributed by atoms with Gasteiger partial charge in [0.2, 0.25) is 0 Å². The molecule has 0 spiro atoms. The molecule has 0 radical (unpaired) electrons. The van der Waals surface area contributed by atoms with Gasteiger partial charge in [-0.25, -0.2) is 0 Å². The van der Waals surface area contributed by atoms with Crippen LogP contribution in [-0.4, -0.2) is 0 Å². The maximum absolute atomic E-state index is 4.64. The SMILES string of the molecule is C=C1/C=C\C=C/Cc2ccccc2N1c1ccccc1N(c1ccc(-c2ccc(-c3ccc4ccccc4c3)cc2)cc1)c1ccccc1-c1ccc2c(c1)sc1ccccc12. The Morgan fingerprint density at radius 1 is 0.452 bits per heavy atom. The second kappa shape index (κ2) is 16.0. The van der Waals surface area contributed by atoms with Crippen LogP contribution in [0.2, 0.25) is 0 Å². The minimum atomic E-state index is 0.823. The van der Waals surface area contributed by atoms with Gasteiger partial charge in [-0.05, 0) is 111 Å². The lowest BCUT2D eigenvalue weighted by Crippen LogP contribution is -2.20. The molecule has 0 bridgehead atoms. The number of thiophene rings is 1. The van der Waals surface area contributed by atoms with Crippen molar-refractivity contribution in [2.24, 2.45) is 0 Å². The highest BCUT2D eigenvalue weighted by Gasteiger charge is 2.25. The molecule has 0 saturated carbocycles. The van der Waals surface area contributed by atoms with Gasteiger partial charge in [0.1, 0.15) is 0 Å². The average molecular weight is 811 g/mol. The number of benzene rings is 9. The number of allylic oxidation sites excluding steroid dienone is 4. The third-order valence-electron chi connectivity index (χ3n) is 12.0. The van der Waals surface area contributed by atoms with Crippen LogP contribution < -0.4 is 9.80 Å². The number of hydrogen-bond donors (Lipinski definition) is 0. The molecule has 0 fully saturated rings. The molecule has 0 atom stereocenters.